The molecule has 1 amide bonds. The highest BCUT2D eigenvalue weighted by molar-refractivity contribution is 5.93. The van der Waals surface area contributed by atoms with Gasteiger partial charge in [0.1, 0.15) is 5.56 Å². The second kappa shape index (κ2) is 6.92. The normalized spacial score (nSPS) is 15.3. The highest BCUT2D eigenvalue weighted by Crippen LogP contribution is 2.27. The zero-order chi connectivity index (χ0) is 18.0. The number of rotatable bonds is 4. The molecule has 2 aromatic rings. The van der Waals surface area contributed by atoms with Crippen LogP contribution in [0, 0.1) is 6.92 Å². The molecule has 132 valence electrons. The van der Waals surface area contributed by atoms with E-state index >= 15 is 0 Å². The molecule has 1 saturated heterocycles. The van der Waals surface area contributed by atoms with Crippen molar-refractivity contribution < 1.29 is 14.7 Å². The third kappa shape index (κ3) is 3.78. The summed E-state index contributed by atoms with van der Waals surface area (Å²) in [6, 6.07) is 5.06. The number of hydrogen-bond donors (Lipinski definition) is 3. The Bertz CT molecular complexity index is 846. The van der Waals surface area contributed by atoms with Crippen LogP contribution in [-0.4, -0.2) is 50.2 Å². The lowest BCUT2D eigenvalue weighted by atomic mass is 9.93. The quantitative estimate of drug-likeness (QED) is 0.766. The van der Waals surface area contributed by atoms with E-state index < -0.39 is 5.97 Å². The first-order valence-electron chi connectivity index (χ1n) is 8.19. The number of amides is 1. The van der Waals surface area contributed by atoms with Gasteiger partial charge in [0, 0.05) is 30.4 Å². The lowest BCUT2D eigenvalue weighted by molar-refractivity contribution is -0.136. The molecule has 0 aliphatic carbocycles. The highest BCUT2D eigenvalue weighted by Gasteiger charge is 2.27. The topological polar surface area (TPSA) is 119 Å². The number of pyridine rings is 1. The first-order chi connectivity index (χ1) is 11.9. The number of hydrogen-bond acceptors (Lipinski definition) is 4. The first kappa shape index (κ1) is 16.9. The smallest absolute Gasteiger partial charge is 0.309 e. The fraction of sp³-hybridized carbons (Fsp3) is 0.412. The Morgan fingerprint density at radius 3 is 2.68 bits per heavy atom. The average molecular weight is 344 g/mol. The van der Waals surface area contributed by atoms with Gasteiger partial charge in [0.25, 0.3) is 11.5 Å². The number of piperidine rings is 1. The summed E-state index contributed by atoms with van der Waals surface area (Å²) in [6.45, 7) is 2.85. The van der Waals surface area contributed by atoms with Crippen molar-refractivity contribution in [1.82, 2.24) is 20.1 Å². The lowest BCUT2D eigenvalue weighted by Crippen LogP contribution is -2.40. The van der Waals surface area contributed by atoms with E-state index in [2.05, 4.69) is 15.2 Å². The van der Waals surface area contributed by atoms with Gasteiger partial charge in [-0.1, -0.05) is 0 Å². The summed E-state index contributed by atoms with van der Waals surface area (Å²) >= 11 is 0. The summed E-state index contributed by atoms with van der Waals surface area (Å²) in [4.78, 5) is 39.5. The number of carboxylic acids is 1. The molecule has 8 nitrogen and oxygen atoms in total. The first-order valence-corrected chi connectivity index (χ1v) is 8.19. The number of carbonyl (C=O) groups is 2. The van der Waals surface area contributed by atoms with Crippen molar-refractivity contribution in [3.05, 3.63) is 51.2 Å². The molecule has 1 aliphatic rings. The van der Waals surface area contributed by atoms with Crippen LogP contribution in [0.4, 0.5) is 0 Å². The number of H-pyrrole nitrogens is 2. The van der Waals surface area contributed by atoms with E-state index in [4.69, 9.17) is 5.11 Å². The molecule has 3 N–H and O–H groups in total. The minimum atomic E-state index is -0.904. The van der Waals surface area contributed by atoms with Crippen molar-refractivity contribution >= 4 is 11.9 Å². The van der Waals surface area contributed by atoms with Crippen molar-refractivity contribution in [3.63, 3.8) is 0 Å². The van der Waals surface area contributed by atoms with Crippen molar-refractivity contribution in [1.29, 1.82) is 0 Å². The third-order valence-corrected chi connectivity index (χ3v) is 4.48. The van der Waals surface area contributed by atoms with Crippen molar-refractivity contribution in [2.75, 3.05) is 13.1 Å². The van der Waals surface area contributed by atoms with Gasteiger partial charge in [-0.25, -0.2) is 0 Å². The lowest BCUT2D eigenvalue weighted by Gasteiger charge is -2.31. The molecule has 0 spiro atoms. The van der Waals surface area contributed by atoms with E-state index in [-0.39, 0.29) is 29.4 Å². The Labute approximate surface area is 143 Å². The zero-order valence-corrected chi connectivity index (χ0v) is 13.9. The van der Waals surface area contributed by atoms with Gasteiger partial charge in [-0.3, -0.25) is 19.5 Å². The molecular weight excluding hydrogens is 324 g/mol. The van der Waals surface area contributed by atoms with Gasteiger partial charge in [0.05, 0.1) is 12.1 Å². The molecule has 3 rings (SSSR count). The monoisotopic (exact) mass is 344 g/mol. The van der Waals surface area contributed by atoms with E-state index in [0.29, 0.717) is 18.8 Å². The number of likely N-dealkylation sites (tertiary alicyclic amines) is 1. The molecule has 0 aromatic carbocycles. The van der Waals surface area contributed by atoms with Gasteiger partial charge >= 0.3 is 5.97 Å². The summed E-state index contributed by atoms with van der Waals surface area (Å²) in [5.74, 6) is -0.980. The SMILES string of the molecule is Cc1ccc(C(=O)N2CCC(c3cc(CC(=O)O)[nH]n3)CC2)c(=O)[nH]1. The second-order valence-corrected chi connectivity index (χ2v) is 6.34. The maximum atomic E-state index is 12.5. The number of aromatic nitrogens is 3. The summed E-state index contributed by atoms with van der Waals surface area (Å²) in [7, 11) is 0. The van der Waals surface area contributed by atoms with Crippen molar-refractivity contribution in [3.8, 4) is 0 Å². The molecule has 0 radical (unpaired) electrons. The zero-order valence-electron chi connectivity index (χ0n) is 13.9. The van der Waals surface area contributed by atoms with Gasteiger partial charge in [-0.2, -0.15) is 5.10 Å². The fourth-order valence-electron chi connectivity index (χ4n) is 3.13. The Morgan fingerprint density at radius 1 is 1.32 bits per heavy atom. The standard InChI is InChI=1S/C17H20N4O4/c1-10-2-3-13(16(24)18-10)17(25)21-6-4-11(5-7-21)14-8-12(19-20-14)9-15(22)23/h2-3,8,11H,4-7,9H2,1H3,(H,18,24)(H,19,20)(H,22,23). The number of aliphatic carboxylic acids is 1. The summed E-state index contributed by atoms with van der Waals surface area (Å²) in [6.07, 6.45) is 1.38. The molecule has 25 heavy (non-hydrogen) atoms. The summed E-state index contributed by atoms with van der Waals surface area (Å²) in [5.41, 5.74) is 1.92. The van der Waals surface area contributed by atoms with E-state index in [0.717, 1.165) is 24.2 Å². The number of aromatic amines is 2. The van der Waals surface area contributed by atoms with Crippen LogP contribution in [-0.2, 0) is 11.2 Å². The average Bonchev–Trinajstić information content (AvgIpc) is 3.02. The Morgan fingerprint density at radius 2 is 2.04 bits per heavy atom. The molecule has 1 fully saturated rings. The van der Waals surface area contributed by atoms with Crippen LogP contribution in [0.3, 0.4) is 0 Å². The molecule has 1 aliphatic heterocycles. The predicted molar refractivity (Wildman–Crippen MR) is 89.6 cm³/mol. The molecule has 3 heterocycles. The van der Waals surface area contributed by atoms with Crippen molar-refractivity contribution in [2.45, 2.75) is 32.1 Å². The maximum Gasteiger partial charge on any atom is 0.309 e. The van der Waals surface area contributed by atoms with Gasteiger partial charge in [0.2, 0.25) is 0 Å². The highest BCUT2D eigenvalue weighted by atomic mass is 16.4. The number of aryl methyl sites for hydroxylation is 1. The van der Waals surface area contributed by atoms with Gasteiger partial charge in [0.15, 0.2) is 0 Å². The van der Waals surface area contributed by atoms with Crippen LogP contribution in [0.5, 0.6) is 0 Å². The van der Waals surface area contributed by atoms with Crippen molar-refractivity contribution in [2.24, 2.45) is 0 Å². The minimum Gasteiger partial charge on any atom is -0.481 e. The van der Waals surface area contributed by atoms with Crippen LogP contribution >= 0.6 is 0 Å². The molecule has 2 aromatic heterocycles. The number of carbonyl (C=O) groups excluding carboxylic acids is 1. The van der Waals surface area contributed by atoms with Crippen LogP contribution in [0.15, 0.2) is 23.0 Å². The van der Waals surface area contributed by atoms with Gasteiger partial charge in [-0.05, 0) is 38.0 Å². The minimum absolute atomic E-state index is 0.0828. The fourth-order valence-corrected chi connectivity index (χ4v) is 3.13. The predicted octanol–water partition coefficient (Wildman–Crippen LogP) is 1.05. The van der Waals surface area contributed by atoms with E-state index in [1.54, 1.807) is 30.0 Å². The van der Waals surface area contributed by atoms with E-state index in [1.165, 1.54) is 0 Å². The number of carboxylic acid groups (broad SMARTS) is 1. The number of nitrogens with zero attached hydrogens (tertiary/aromatic N) is 2. The maximum absolute atomic E-state index is 12.5. The molecule has 0 atom stereocenters. The molecule has 0 bridgehead atoms. The Kier molecular flexibility index (Phi) is 4.69. The molecule has 0 unspecified atom stereocenters. The Hall–Kier alpha value is -2.90. The van der Waals surface area contributed by atoms with E-state index in [9.17, 15) is 14.4 Å². The summed E-state index contributed by atoms with van der Waals surface area (Å²) < 4.78 is 0. The van der Waals surface area contributed by atoms with E-state index in [1.807, 2.05) is 0 Å². The molecule has 0 saturated carbocycles. The third-order valence-electron chi connectivity index (χ3n) is 4.48. The summed E-state index contributed by atoms with van der Waals surface area (Å²) in [5, 5.41) is 15.8. The van der Waals surface area contributed by atoms with Crippen LogP contribution in [0.2, 0.25) is 0 Å². The van der Waals surface area contributed by atoms with Crippen LogP contribution in [0.25, 0.3) is 0 Å². The second-order valence-electron chi connectivity index (χ2n) is 6.34. The molecular formula is C17H20N4O4. The molecule has 8 heteroatoms. The Balaban J connectivity index is 1.63. The largest absolute Gasteiger partial charge is 0.481 e. The van der Waals surface area contributed by atoms with Crippen LogP contribution in [0.1, 0.15) is 46.2 Å². The van der Waals surface area contributed by atoms with Gasteiger partial charge < -0.3 is 15.0 Å². The van der Waals surface area contributed by atoms with Crippen LogP contribution < -0.4 is 5.56 Å². The van der Waals surface area contributed by atoms with Gasteiger partial charge in [-0.15, -0.1) is 0 Å². The number of nitrogens with one attached hydrogen (secondary N) is 2.